The monoisotopic (exact) mass is 328 g/mol. The van der Waals surface area contributed by atoms with Crippen LogP contribution in [0.5, 0.6) is 5.75 Å². The average molecular weight is 328 g/mol. The second-order valence-corrected chi connectivity index (χ2v) is 6.75. The van der Waals surface area contributed by atoms with E-state index in [-0.39, 0.29) is 42.3 Å². The van der Waals surface area contributed by atoms with Crippen molar-refractivity contribution in [2.45, 2.75) is 13.3 Å². The maximum atomic E-state index is 12.0. The summed E-state index contributed by atoms with van der Waals surface area (Å²) in [6.45, 7) is 1.69. The van der Waals surface area contributed by atoms with Gasteiger partial charge in [-0.05, 0) is 24.8 Å². The standard InChI is InChI=1S/C16H19O4P.Na/c1-13(12-17)6-5-11-21(18,19)20-16-10-4-8-14-7-2-3-9-15(14)16;/h2-4,6-10,17H,5,11-12H2,1H3,(H,18,19);/q;+1/p-1/b13-6+;. The minimum Gasteiger partial charge on any atom is -0.769 e. The van der Waals surface area contributed by atoms with Crippen LogP contribution in [0.15, 0.2) is 54.1 Å². The van der Waals surface area contributed by atoms with Crippen molar-refractivity contribution < 1.29 is 48.6 Å². The van der Waals surface area contributed by atoms with E-state index >= 15 is 0 Å². The molecule has 0 amide bonds. The second kappa shape index (κ2) is 8.88. The van der Waals surface area contributed by atoms with Crippen LogP contribution in [0, 0.1) is 0 Å². The molecule has 0 aliphatic rings. The Bertz CT molecular complexity index is 694. The van der Waals surface area contributed by atoms with Crippen molar-refractivity contribution in [2.75, 3.05) is 12.8 Å². The van der Waals surface area contributed by atoms with Crippen LogP contribution in [-0.4, -0.2) is 17.9 Å². The summed E-state index contributed by atoms with van der Waals surface area (Å²) in [7, 11) is -3.96. The molecule has 0 saturated heterocycles. The van der Waals surface area contributed by atoms with Gasteiger partial charge in [0.15, 0.2) is 7.60 Å². The van der Waals surface area contributed by atoms with Gasteiger partial charge in [-0.1, -0.05) is 48.0 Å². The van der Waals surface area contributed by atoms with Crippen molar-refractivity contribution in [3.05, 3.63) is 54.1 Å². The molecule has 2 aromatic rings. The quantitative estimate of drug-likeness (QED) is 0.464. The number of hydrogen-bond acceptors (Lipinski definition) is 4. The Morgan fingerprint density at radius 2 is 1.95 bits per heavy atom. The minimum absolute atomic E-state index is 0. The van der Waals surface area contributed by atoms with Gasteiger partial charge in [0.1, 0.15) is 5.75 Å². The van der Waals surface area contributed by atoms with Crippen LogP contribution in [0.1, 0.15) is 13.3 Å². The Morgan fingerprint density at radius 1 is 1.27 bits per heavy atom. The Morgan fingerprint density at radius 3 is 2.68 bits per heavy atom. The summed E-state index contributed by atoms with van der Waals surface area (Å²) >= 11 is 0. The zero-order valence-electron chi connectivity index (χ0n) is 12.9. The van der Waals surface area contributed by atoms with Crippen molar-refractivity contribution in [1.29, 1.82) is 0 Å². The molecule has 1 unspecified atom stereocenters. The van der Waals surface area contributed by atoms with Gasteiger partial charge in [0, 0.05) is 11.5 Å². The molecule has 0 aromatic heterocycles. The van der Waals surface area contributed by atoms with Crippen molar-refractivity contribution in [1.82, 2.24) is 0 Å². The Hall–Kier alpha value is -0.610. The summed E-state index contributed by atoms with van der Waals surface area (Å²) in [5, 5.41) is 10.6. The molecule has 0 spiro atoms. The van der Waals surface area contributed by atoms with E-state index in [9.17, 15) is 9.46 Å². The van der Waals surface area contributed by atoms with Crippen LogP contribution >= 0.6 is 7.60 Å². The summed E-state index contributed by atoms with van der Waals surface area (Å²) in [5.41, 5.74) is 0.750. The fourth-order valence-corrected chi connectivity index (χ4v) is 3.00. The average Bonchev–Trinajstić information content (AvgIpc) is 2.47. The van der Waals surface area contributed by atoms with Gasteiger partial charge >= 0.3 is 29.6 Å². The Kier molecular flexibility index (Phi) is 7.84. The maximum Gasteiger partial charge on any atom is 1.00 e. The fourth-order valence-electron chi connectivity index (χ4n) is 2.00. The van der Waals surface area contributed by atoms with Gasteiger partial charge in [0.2, 0.25) is 0 Å². The molecule has 1 atom stereocenters. The number of allylic oxidation sites excluding steroid dienone is 1. The minimum atomic E-state index is -3.96. The Balaban J connectivity index is 0.00000242. The van der Waals surface area contributed by atoms with Crippen LogP contribution in [0.25, 0.3) is 10.8 Å². The van der Waals surface area contributed by atoms with Crippen LogP contribution < -0.4 is 39.0 Å². The van der Waals surface area contributed by atoms with Gasteiger partial charge in [-0.3, -0.25) is 4.57 Å². The molecule has 2 aromatic carbocycles. The van der Waals surface area contributed by atoms with E-state index in [1.54, 1.807) is 25.1 Å². The van der Waals surface area contributed by atoms with E-state index in [1.807, 2.05) is 30.3 Å². The molecule has 2 rings (SSSR count). The molecule has 1 N–H and O–H groups in total. The first-order chi connectivity index (χ1) is 10.0. The third-order valence-electron chi connectivity index (χ3n) is 3.13. The van der Waals surface area contributed by atoms with Gasteiger partial charge in [0.25, 0.3) is 0 Å². The molecular weight excluding hydrogens is 310 g/mol. The van der Waals surface area contributed by atoms with E-state index in [4.69, 9.17) is 9.63 Å². The number of hydrogen-bond donors (Lipinski definition) is 1. The van der Waals surface area contributed by atoms with Gasteiger partial charge in [-0.2, -0.15) is 0 Å². The molecule has 0 fully saturated rings. The molecule has 6 heteroatoms. The zero-order valence-corrected chi connectivity index (χ0v) is 15.8. The zero-order chi connectivity index (χ0) is 15.3. The number of aliphatic hydroxyl groups is 1. The first kappa shape index (κ1) is 19.4. The molecule has 22 heavy (non-hydrogen) atoms. The molecular formula is C16H18NaO4P. The summed E-state index contributed by atoms with van der Waals surface area (Å²) in [4.78, 5) is 12.0. The van der Waals surface area contributed by atoms with Gasteiger partial charge < -0.3 is 14.5 Å². The van der Waals surface area contributed by atoms with Gasteiger partial charge in [-0.25, -0.2) is 0 Å². The molecule has 0 saturated carbocycles. The molecule has 0 radical (unpaired) electrons. The van der Waals surface area contributed by atoms with Gasteiger partial charge in [-0.15, -0.1) is 0 Å². The summed E-state index contributed by atoms with van der Waals surface area (Å²) in [5.74, 6) is 0.356. The SMILES string of the molecule is C/C(=C\CCP(=O)([O-])Oc1cccc2ccccc12)CO.[Na+]. The van der Waals surface area contributed by atoms with Crippen molar-refractivity contribution in [3.63, 3.8) is 0 Å². The molecule has 112 valence electrons. The largest absolute Gasteiger partial charge is 1.00 e. The number of fused-ring (bicyclic) bond motifs is 1. The molecule has 0 aliphatic carbocycles. The van der Waals surface area contributed by atoms with E-state index < -0.39 is 7.60 Å². The smallest absolute Gasteiger partial charge is 0.769 e. The van der Waals surface area contributed by atoms with Crippen LogP contribution in [0.2, 0.25) is 0 Å². The second-order valence-electron chi connectivity index (χ2n) is 4.90. The van der Waals surface area contributed by atoms with E-state index in [2.05, 4.69) is 0 Å². The molecule has 4 nitrogen and oxygen atoms in total. The third kappa shape index (κ3) is 5.54. The predicted molar refractivity (Wildman–Crippen MR) is 82.5 cm³/mol. The number of aliphatic hydroxyl groups excluding tert-OH is 1. The number of benzene rings is 2. The predicted octanol–water partition coefficient (Wildman–Crippen LogP) is 0.105. The van der Waals surface area contributed by atoms with Crippen molar-refractivity contribution in [2.24, 2.45) is 0 Å². The molecule has 0 heterocycles. The normalized spacial score (nSPS) is 14.2. The van der Waals surface area contributed by atoms with Crippen LogP contribution in [-0.2, 0) is 4.57 Å². The van der Waals surface area contributed by atoms with Crippen molar-refractivity contribution in [3.8, 4) is 5.75 Å². The summed E-state index contributed by atoms with van der Waals surface area (Å²) < 4.78 is 17.3. The Labute approximate surface area is 152 Å². The first-order valence-electron chi connectivity index (χ1n) is 6.76. The van der Waals surface area contributed by atoms with E-state index in [0.29, 0.717) is 12.2 Å². The van der Waals surface area contributed by atoms with E-state index in [1.165, 1.54) is 0 Å². The summed E-state index contributed by atoms with van der Waals surface area (Å²) in [6, 6.07) is 12.8. The number of rotatable bonds is 6. The third-order valence-corrected chi connectivity index (χ3v) is 4.41. The van der Waals surface area contributed by atoms with Gasteiger partial charge in [0.05, 0.1) is 6.61 Å². The maximum absolute atomic E-state index is 12.0. The topological polar surface area (TPSA) is 69.6 Å². The van der Waals surface area contributed by atoms with Crippen LogP contribution in [0.4, 0.5) is 0 Å². The van der Waals surface area contributed by atoms with E-state index in [0.717, 1.165) is 16.3 Å². The molecule has 0 bridgehead atoms. The first-order valence-corrected chi connectivity index (χ1v) is 8.48. The van der Waals surface area contributed by atoms with Crippen molar-refractivity contribution >= 4 is 18.4 Å². The summed E-state index contributed by atoms with van der Waals surface area (Å²) in [6.07, 6.45) is 1.95. The van der Waals surface area contributed by atoms with Crippen LogP contribution in [0.3, 0.4) is 0 Å². The molecule has 0 aliphatic heterocycles. The fraction of sp³-hybridized carbons (Fsp3) is 0.250.